The van der Waals surface area contributed by atoms with Gasteiger partial charge in [-0.05, 0) is 55.8 Å². The normalized spacial score (nSPS) is 18.3. The van der Waals surface area contributed by atoms with Gasteiger partial charge in [-0.15, -0.1) is 0 Å². The highest BCUT2D eigenvalue weighted by Gasteiger charge is 2.34. The van der Waals surface area contributed by atoms with E-state index in [1.165, 1.54) is 5.69 Å². The SMILES string of the molecule is CC[C@@H]1Oc2ccccc2N(CC(=O)NCCCN2CCN(c3ccc(OC)cc3)CC2)C1=O. The molecule has 2 aromatic rings. The van der Waals surface area contributed by atoms with Crippen LogP contribution in [-0.4, -0.2) is 75.7 Å². The minimum atomic E-state index is -0.542. The van der Waals surface area contributed by atoms with Gasteiger partial charge in [-0.2, -0.15) is 0 Å². The number of nitrogens with one attached hydrogen (secondary N) is 1. The van der Waals surface area contributed by atoms with Gasteiger partial charge in [0.25, 0.3) is 5.91 Å². The number of carbonyl (C=O) groups is 2. The predicted molar refractivity (Wildman–Crippen MR) is 133 cm³/mol. The van der Waals surface area contributed by atoms with Crippen LogP contribution in [0.5, 0.6) is 11.5 Å². The van der Waals surface area contributed by atoms with E-state index in [-0.39, 0.29) is 18.4 Å². The molecule has 2 amide bonds. The van der Waals surface area contributed by atoms with Gasteiger partial charge in [0.05, 0.1) is 12.8 Å². The van der Waals surface area contributed by atoms with Crippen molar-refractivity contribution in [3.05, 3.63) is 48.5 Å². The van der Waals surface area contributed by atoms with Gasteiger partial charge < -0.3 is 19.7 Å². The molecular formula is C26H34N4O4. The van der Waals surface area contributed by atoms with E-state index >= 15 is 0 Å². The Bertz CT molecular complexity index is 973. The van der Waals surface area contributed by atoms with Gasteiger partial charge in [-0.1, -0.05) is 19.1 Å². The van der Waals surface area contributed by atoms with E-state index in [0.717, 1.165) is 44.9 Å². The van der Waals surface area contributed by atoms with E-state index in [9.17, 15) is 9.59 Å². The van der Waals surface area contributed by atoms with Crippen LogP contribution >= 0.6 is 0 Å². The summed E-state index contributed by atoms with van der Waals surface area (Å²) < 4.78 is 11.0. The van der Waals surface area contributed by atoms with Crippen molar-refractivity contribution in [1.82, 2.24) is 10.2 Å². The molecule has 0 spiro atoms. The molecule has 2 aliphatic heterocycles. The number of hydrogen-bond donors (Lipinski definition) is 1. The van der Waals surface area contributed by atoms with Gasteiger partial charge in [-0.25, -0.2) is 0 Å². The van der Waals surface area contributed by atoms with E-state index < -0.39 is 6.10 Å². The number of fused-ring (bicyclic) bond motifs is 1. The lowest BCUT2D eigenvalue weighted by molar-refractivity contribution is -0.129. The number of para-hydroxylation sites is 2. The molecule has 182 valence electrons. The number of ether oxygens (including phenoxy) is 2. The first-order valence-corrected chi connectivity index (χ1v) is 12.0. The molecular weight excluding hydrogens is 432 g/mol. The highest BCUT2D eigenvalue weighted by molar-refractivity contribution is 6.03. The molecule has 4 rings (SSSR count). The number of nitrogens with zero attached hydrogens (tertiary/aromatic N) is 3. The van der Waals surface area contributed by atoms with Crippen LogP contribution in [0.2, 0.25) is 0 Å². The molecule has 8 nitrogen and oxygen atoms in total. The number of rotatable bonds is 9. The lowest BCUT2D eigenvalue weighted by atomic mass is 10.1. The zero-order valence-electron chi connectivity index (χ0n) is 20.0. The van der Waals surface area contributed by atoms with Crippen molar-refractivity contribution in [2.45, 2.75) is 25.9 Å². The second kappa shape index (κ2) is 11.2. The average molecular weight is 467 g/mol. The number of anilines is 2. The summed E-state index contributed by atoms with van der Waals surface area (Å²) in [6, 6.07) is 15.6. The van der Waals surface area contributed by atoms with Crippen molar-refractivity contribution in [2.24, 2.45) is 0 Å². The monoisotopic (exact) mass is 466 g/mol. The smallest absolute Gasteiger partial charge is 0.268 e. The summed E-state index contributed by atoms with van der Waals surface area (Å²) in [6.07, 6.45) is 0.899. The first-order chi connectivity index (χ1) is 16.6. The number of hydrogen-bond acceptors (Lipinski definition) is 6. The fourth-order valence-electron chi connectivity index (χ4n) is 4.45. The highest BCUT2D eigenvalue weighted by atomic mass is 16.5. The minimum absolute atomic E-state index is 0.0102. The molecule has 0 radical (unpaired) electrons. The Labute approximate surface area is 201 Å². The zero-order valence-corrected chi connectivity index (χ0v) is 20.0. The predicted octanol–water partition coefficient (Wildman–Crippen LogP) is 2.53. The van der Waals surface area contributed by atoms with E-state index in [2.05, 4.69) is 27.2 Å². The summed E-state index contributed by atoms with van der Waals surface area (Å²) in [4.78, 5) is 31.7. The van der Waals surface area contributed by atoms with Crippen molar-refractivity contribution in [2.75, 3.05) is 62.7 Å². The lowest BCUT2D eigenvalue weighted by Gasteiger charge is -2.36. The number of carbonyl (C=O) groups excluding carboxylic acids is 2. The summed E-state index contributed by atoms with van der Waals surface area (Å²) in [5.74, 6) is 1.21. The number of piperazine rings is 1. The Hall–Kier alpha value is -3.26. The molecule has 2 heterocycles. The molecule has 1 fully saturated rings. The Balaban J connectivity index is 1.18. The van der Waals surface area contributed by atoms with Gasteiger partial charge in [-0.3, -0.25) is 19.4 Å². The molecule has 1 atom stereocenters. The average Bonchev–Trinajstić information content (AvgIpc) is 2.88. The van der Waals surface area contributed by atoms with E-state index in [4.69, 9.17) is 9.47 Å². The van der Waals surface area contributed by atoms with Crippen molar-refractivity contribution < 1.29 is 19.1 Å². The fraction of sp³-hybridized carbons (Fsp3) is 0.462. The standard InChI is InChI=1S/C26H34N4O4/c1-3-23-26(32)30(22-7-4-5-8-24(22)34-23)19-25(31)27-13-6-14-28-15-17-29(18-16-28)20-9-11-21(33-2)12-10-20/h4-5,7-12,23H,3,6,13-19H2,1-2H3,(H,27,31)/t23-/m0/s1. The number of benzene rings is 2. The summed E-state index contributed by atoms with van der Waals surface area (Å²) >= 11 is 0. The van der Waals surface area contributed by atoms with Crippen LogP contribution in [0.25, 0.3) is 0 Å². The van der Waals surface area contributed by atoms with E-state index in [1.54, 1.807) is 12.0 Å². The third-order valence-corrected chi connectivity index (χ3v) is 6.42. The minimum Gasteiger partial charge on any atom is -0.497 e. The number of methoxy groups -OCH3 is 1. The first-order valence-electron chi connectivity index (χ1n) is 12.0. The molecule has 2 aromatic carbocycles. The second-order valence-electron chi connectivity index (χ2n) is 8.64. The summed E-state index contributed by atoms with van der Waals surface area (Å²) in [6.45, 7) is 7.41. The quantitative estimate of drug-likeness (QED) is 0.573. The third-order valence-electron chi connectivity index (χ3n) is 6.42. The van der Waals surface area contributed by atoms with Crippen LogP contribution in [0, 0.1) is 0 Å². The van der Waals surface area contributed by atoms with Gasteiger partial charge in [0, 0.05) is 38.4 Å². The highest BCUT2D eigenvalue weighted by Crippen LogP contribution is 2.34. The molecule has 0 aliphatic carbocycles. The summed E-state index contributed by atoms with van der Waals surface area (Å²) in [5.41, 5.74) is 1.87. The molecule has 34 heavy (non-hydrogen) atoms. The van der Waals surface area contributed by atoms with Crippen LogP contribution < -0.4 is 24.6 Å². The van der Waals surface area contributed by atoms with Crippen molar-refractivity contribution in [3.63, 3.8) is 0 Å². The Morgan fingerprint density at radius 2 is 1.82 bits per heavy atom. The van der Waals surface area contributed by atoms with Crippen LogP contribution in [0.15, 0.2) is 48.5 Å². The van der Waals surface area contributed by atoms with Gasteiger partial charge >= 0.3 is 0 Å². The van der Waals surface area contributed by atoms with Crippen LogP contribution in [0.3, 0.4) is 0 Å². The summed E-state index contributed by atoms with van der Waals surface area (Å²) in [7, 11) is 1.68. The molecule has 1 N–H and O–H groups in total. The van der Waals surface area contributed by atoms with Gasteiger partial charge in [0.2, 0.25) is 5.91 Å². The topological polar surface area (TPSA) is 74.3 Å². The Morgan fingerprint density at radius 1 is 1.09 bits per heavy atom. The summed E-state index contributed by atoms with van der Waals surface area (Å²) in [5, 5.41) is 2.98. The molecule has 2 aliphatic rings. The molecule has 1 saturated heterocycles. The van der Waals surface area contributed by atoms with Crippen molar-refractivity contribution in [3.8, 4) is 11.5 Å². The van der Waals surface area contributed by atoms with Crippen molar-refractivity contribution in [1.29, 1.82) is 0 Å². The van der Waals surface area contributed by atoms with Crippen LogP contribution in [-0.2, 0) is 9.59 Å². The van der Waals surface area contributed by atoms with E-state index in [0.29, 0.717) is 24.4 Å². The first kappa shape index (κ1) is 23.9. The van der Waals surface area contributed by atoms with Crippen LogP contribution in [0.4, 0.5) is 11.4 Å². The molecule has 8 heteroatoms. The van der Waals surface area contributed by atoms with Gasteiger partial charge in [0.15, 0.2) is 6.10 Å². The third kappa shape index (κ3) is 5.62. The van der Waals surface area contributed by atoms with Gasteiger partial charge in [0.1, 0.15) is 18.0 Å². The maximum atomic E-state index is 12.8. The molecule has 0 saturated carbocycles. The van der Waals surface area contributed by atoms with Crippen molar-refractivity contribution >= 4 is 23.2 Å². The fourth-order valence-corrected chi connectivity index (χ4v) is 4.45. The van der Waals surface area contributed by atoms with Crippen LogP contribution in [0.1, 0.15) is 19.8 Å². The molecule has 0 aromatic heterocycles. The Kier molecular flexibility index (Phi) is 7.90. The maximum absolute atomic E-state index is 12.8. The number of amides is 2. The largest absolute Gasteiger partial charge is 0.497 e. The second-order valence-corrected chi connectivity index (χ2v) is 8.64. The lowest BCUT2D eigenvalue weighted by Crippen LogP contribution is -2.50. The molecule has 0 bridgehead atoms. The maximum Gasteiger partial charge on any atom is 0.268 e. The molecule has 0 unspecified atom stereocenters. The van der Waals surface area contributed by atoms with E-state index in [1.807, 2.05) is 43.3 Å². The zero-order chi connectivity index (χ0) is 23.9. The Morgan fingerprint density at radius 3 is 2.53 bits per heavy atom.